The summed E-state index contributed by atoms with van der Waals surface area (Å²) in [6.07, 6.45) is 1.01. The number of hydrogen-bond donors (Lipinski definition) is 0. The quantitative estimate of drug-likeness (QED) is 0.785. The van der Waals surface area contributed by atoms with Gasteiger partial charge in [0.25, 0.3) is 11.8 Å². The molecule has 2 atom stereocenters. The fraction of sp³-hybridized carbons (Fsp3) is 0.471. The van der Waals surface area contributed by atoms with E-state index < -0.39 is 11.6 Å². The van der Waals surface area contributed by atoms with Gasteiger partial charge in [-0.2, -0.15) is 5.01 Å². The standard InChI is InChI=1S/C17H19N3O3/c1-3-14(21)20-15(22)11(2)17-13-8-5-4-7-12(13)16(23)18(17)9-6-10-19(17)20/h4-5,7-8,11H,3,6,9-10H2,1-2H3/t11-,17-/m1/s1. The molecule has 3 heterocycles. The number of carbonyl (C=O) groups excluding carboxylic acids is 3. The van der Waals surface area contributed by atoms with Crippen LogP contribution in [0.5, 0.6) is 0 Å². The van der Waals surface area contributed by atoms with Crippen LogP contribution >= 0.6 is 0 Å². The van der Waals surface area contributed by atoms with Crippen LogP contribution in [0.15, 0.2) is 24.3 Å². The molecule has 2 fully saturated rings. The van der Waals surface area contributed by atoms with Gasteiger partial charge in [-0.15, -0.1) is 0 Å². The van der Waals surface area contributed by atoms with E-state index in [0.717, 1.165) is 12.0 Å². The summed E-state index contributed by atoms with van der Waals surface area (Å²) in [4.78, 5) is 39.9. The van der Waals surface area contributed by atoms with E-state index in [4.69, 9.17) is 0 Å². The van der Waals surface area contributed by atoms with E-state index in [9.17, 15) is 14.4 Å². The molecule has 0 aromatic heterocycles. The topological polar surface area (TPSA) is 60.9 Å². The number of hydrogen-bond acceptors (Lipinski definition) is 4. The Kier molecular flexibility index (Phi) is 2.90. The van der Waals surface area contributed by atoms with Gasteiger partial charge < -0.3 is 4.90 Å². The zero-order chi connectivity index (χ0) is 16.4. The van der Waals surface area contributed by atoms with Crippen molar-refractivity contribution in [2.75, 3.05) is 13.1 Å². The molecule has 2 saturated heterocycles. The maximum absolute atomic E-state index is 12.9. The molecule has 0 radical (unpaired) electrons. The van der Waals surface area contributed by atoms with Gasteiger partial charge in [-0.05, 0) is 19.4 Å². The van der Waals surface area contributed by atoms with E-state index in [-0.39, 0.29) is 24.1 Å². The van der Waals surface area contributed by atoms with Crippen LogP contribution in [0.2, 0.25) is 0 Å². The van der Waals surface area contributed by atoms with Crippen molar-refractivity contribution in [3.8, 4) is 0 Å². The molecule has 3 aliphatic rings. The molecule has 0 N–H and O–H groups in total. The van der Waals surface area contributed by atoms with Crippen molar-refractivity contribution in [1.29, 1.82) is 0 Å². The van der Waals surface area contributed by atoms with Crippen LogP contribution in [0.3, 0.4) is 0 Å². The van der Waals surface area contributed by atoms with Crippen LogP contribution in [0.25, 0.3) is 0 Å². The van der Waals surface area contributed by atoms with Gasteiger partial charge in [0.1, 0.15) is 0 Å². The summed E-state index contributed by atoms with van der Waals surface area (Å²) < 4.78 is 0. The van der Waals surface area contributed by atoms with Crippen LogP contribution < -0.4 is 0 Å². The molecule has 3 amide bonds. The first-order valence-electron chi connectivity index (χ1n) is 8.11. The Morgan fingerprint density at radius 1 is 1.26 bits per heavy atom. The highest BCUT2D eigenvalue weighted by Crippen LogP contribution is 2.53. The second kappa shape index (κ2) is 4.64. The average molecular weight is 313 g/mol. The molecule has 0 bridgehead atoms. The Hall–Kier alpha value is -2.21. The summed E-state index contributed by atoms with van der Waals surface area (Å²) in [6, 6.07) is 7.45. The molecular formula is C17H19N3O3. The van der Waals surface area contributed by atoms with Gasteiger partial charge in [-0.3, -0.25) is 14.4 Å². The Morgan fingerprint density at radius 2 is 2.00 bits per heavy atom. The molecule has 120 valence electrons. The molecule has 1 aromatic carbocycles. The van der Waals surface area contributed by atoms with Crippen LogP contribution in [-0.2, 0) is 15.3 Å². The lowest BCUT2D eigenvalue weighted by Crippen LogP contribution is -2.62. The summed E-state index contributed by atoms with van der Waals surface area (Å²) in [5.74, 6) is -0.938. The van der Waals surface area contributed by atoms with Crippen molar-refractivity contribution < 1.29 is 14.4 Å². The molecule has 3 aliphatic heterocycles. The first-order chi connectivity index (χ1) is 11.0. The number of nitrogens with zero attached hydrogens (tertiary/aromatic N) is 3. The van der Waals surface area contributed by atoms with Crippen molar-refractivity contribution in [3.63, 3.8) is 0 Å². The summed E-state index contributed by atoms with van der Waals surface area (Å²) in [5.41, 5.74) is 0.648. The number of fused-ring (bicyclic) bond motifs is 1. The SMILES string of the molecule is CCC(=O)N1C(=O)[C@@H](C)[C@@]23c4ccccc4C(=O)N2CCCN13. The number of carbonyl (C=O) groups is 3. The first-order valence-corrected chi connectivity index (χ1v) is 8.11. The van der Waals surface area contributed by atoms with Gasteiger partial charge in [0, 0.05) is 30.6 Å². The predicted octanol–water partition coefficient (Wildman–Crippen LogP) is 1.33. The van der Waals surface area contributed by atoms with Gasteiger partial charge in [0.05, 0.1) is 5.92 Å². The smallest absolute Gasteiger partial charge is 0.256 e. The van der Waals surface area contributed by atoms with Crippen molar-refractivity contribution in [2.24, 2.45) is 5.92 Å². The number of rotatable bonds is 1. The fourth-order valence-corrected chi connectivity index (χ4v) is 4.36. The monoisotopic (exact) mass is 313 g/mol. The van der Waals surface area contributed by atoms with Crippen molar-refractivity contribution in [2.45, 2.75) is 32.4 Å². The van der Waals surface area contributed by atoms with E-state index in [1.165, 1.54) is 5.01 Å². The summed E-state index contributed by atoms with van der Waals surface area (Å²) >= 11 is 0. The van der Waals surface area contributed by atoms with Gasteiger partial charge in [0.15, 0.2) is 5.66 Å². The van der Waals surface area contributed by atoms with Gasteiger partial charge in [-0.25, -0.2) is 5.01 Å². The fourth-order valence-electron chi connectivity index (χ4n) is 4.36. The number of amides is 3. The normalized spacial score (nSPS) is 29.6. The van der Waals surface area contributed by atoms with Crippen molar-refractivity contribution in [3.05, 3.63) is 35.4 Å². The number of hydrazine groups is 1. The van der Waals surface area contributed by atoms with Crippen LogP contribution in [0, 0.1) is 5.92 Å². The highest BCUT2D eigenvalue weighted by Gasteiger charge is 2.67. The summed E-state index contributed by atoms with van der Waals surface area (Å²) in [6.45, 7) is 4.78. The van der Waals surface area contributed by atoms with E-state index >= 15 is 0 Å². The average Bonchev–Trinajstić information content (AvgIpc) is 2.98. The minimum atomic E-state index is -0.839. The highest BCUT2D eigenvalue weighted by molar-refractivity contribution is 6.04. The first kappa shape index (κ1) is 14.4. The molecule has 1 aromatic rings. The minimum absolute atomic E-state index is 0.0456. The molecular weight excluding hydrogens is 294 g/mol. The third-order valence-corrected chi connectivity index (χ3v) is 5.32. The lowest BCUT2D eigenvalue weighted by atomic mass is 9.86. The summed E-state index contributed by atoms with van der Waals surface area (Å²) in [5, 5.41) is 3.12. The van der Waals surface area contributed by atoms with E-state index in [1.807, 2.05) is 36.2 Å². The van der Waals surface area contributed by atoms with E-state index in [2.05, 4.69) is 0 Å². The third-order valence-electron chi connectivity index (χ3n) is 5.32. The molecule has 6 heteroatoms. The predicted molar refractivity (Wildman–Crippen MR) is 81.8 cm³/mol. The third kappa shape index (κ3) is 1.49. The summed E-state index contributed by atoms with van der Waals surface area (Å²) in [7, 11) is 0. The molecule has 1 spiro atoms. The van der Waals surface area contributed by atoms with Crippen molar-refractivity contribution >= 4 is 17.7 Å². The molecule has 23 heavy (non-hydrogen) atoms. The van der Waals surface area contributed by atoms with Crippen LogP contribution in [0.4, 0.5) is 0 Å². The minimum Gasteiger partial charge on any atom is -0.314 e. The lowest BCUT2D eigenvalue weighted by Gasteiger charge is -2.48. The van der Waals surface area contributed by atoms with Crippen LogP contribution in [-0.4, -0.2) is 45.7 Å². The molecule has 0 aliphatic carbocycles. The molecule has 0 saturated carbocycles. The second-order valence-electron chi connectivity index (χ2n) is 6.32. The zero-order valence-electron chi connectivity index (χ0n) is 13.3. The van der Waals surface area contributed by atoms with Crippen LogP contribution in [0.1, 0.15) is 42.6 Å². The Morgan fingerprint density at radius 3 is 2.74 bits per heavy atom. The van der Waals surface area contributed by atoms with Gasteiger partial charge >= 0.3 is 0 Å². The lowest BCUT2D eigenvalue weighted by molar-refractivity contribution is -0.174. The number of benzene rings is 1. The Bertz CT molecular complexity index is 732. The highest BCUT2D eigenvalue weighted by atomic mass is 16.2. The maximum Gasteiger partial charge on any atom is 0.256 e. The van der Waals surface area contributed by atoms with E-state index in [0.29, 0.717) is 18.7 Å². The molecule has 6 nitrogen and oxygen atoms in total. The molecule has 0 unspecified atom stereocenters. The largest absolute Gasteiger partial charge is 0.314 e. The van der Waals surface area contributed by atoms with Gasteiger partial charge in [0.2, 0.25) is 5.91 Å². The number of imide groups is 1. The van der Waals surface area contributed by atoms with E-state index in [1.54, 1.807) is 11.8 Å². The maximum atomic E-state index is 12.9. The van der Waals surface area contributed by atoms with Gasteiger partial charge in [-0.1, -0.05) is 25.1 Å². The Balaban J connectivity index is 1.97. The van der Waals surface area contributed by atoms with Crippen molar-refractivity contribution in [1.82, 2.24) is 14.9 Å². The molecule has 4 rings (SSSR count). The Labute approximate surface area is 134 Å². The second-order valence-corrected chi connectivity index (χ2v) is 6.32. The zero-order valence-corrected chi connectivity index (χ0v) is 13.3.